The van der Waals surface area contributed by atoms with Crippen LogP contribution < -0.4 is 5.73 Å². The van der Waals surface area contributed by atoms with Crippen molar-refractivity contribution in [3.8, 4) is 11.1 Å². The fourth-order valence-electron chi connectivity index (χ4n) is 2.22. The Morgan fingerprint density at radius 3 is 2.79 bits per heavy atom. The number of aromatic nitrogens is 2. The third kappa shape index (κ3) is 2.20. The normalized spacial score (nSPS) is 10.8. The summed E-state index contributed by atoms with van der Waals surface area (Å²) in [5, 5.41) is 1.18. The van der Waals surface area contributed by atoms with Gasteiger partial charge >= 0.3 is 0 Å². The summed E-state index contributed by atoms with van der Waals surface area (Å²) < 4.78 is 0. The Morgan fingerprint density at radius 1 is 1.05 bits per heavy atom. The Morgan fingerprint density at radius 2 is 1.95 bits per heavy atom. The van der Waals surface area contributed by atoms with Gasteiger partial charge in [-0.3, -0.25) is 9.97 Å². The topological polar surface area (TPSA) is 51.8 Å². The first-order chi connectivity index (χ1) is 9.28. The molecular weight excluding hydrogens is 234 g/mol. The summed E-state index contributed by atoms with van der Waals surface area (Å²) in [5.41, 5.74) is 11.2. The summed E-state index contributed by atoms with van der Waals surface area (Å²) in [6.45, 7) is 2.61. The number of pyridine rings is 2. The zero-order valence-corrected chi connectivity index (χ0v) is 10.8. The van der Waals surface area contributed by atoms with E-state index in [0.29, 0.717) is 6.54 Å². The summed E-state index contributed by atoms with van der Waals surface area (Å²) in [7, 11) is 0. The number of aryl methyl sites for hydroxylation is 1. The third-order valence-electron chi connectivity index (χ3n) is 3.32. The van der Waals surface area contributed by atoms with Crippen molar-refractivity contribution in [1.82, 2.24) is 9.97 Å². The molecule has 94 valence electrons. The minimum absolute atomic E-state index is 0.509. The number of fused-ring (bicyclic) bond motifs is 1. The fraction of sp³-hybridized carbons (Fsp3) is 0.125. The molecule has 0 aliphatic carbocycles. The molecule has 0 fully saturated rings. The zero-order chi connectivity index (χ0) is 13.2. The van der Waals surface area contributed by atoms with Gasteiger partial charge in [0.05, 0.1) is 5.52 Å². The Hall–Kier alpha value is -2.26. The van der Waals surface area contributed by atoms with E-state index in [1.165, 1.54) is 10.9 Å². The van der Waals surface area contributed by atoms with Crippen molar-refractivity contribution < 1.29 is 0 Å². The smallest absolute Gasteiger partial charge is 0.0705 e. The third-order valence-corrected chi connectivity index (χ3v) is 3.32. The average molecular weight is 249 g/mol. The molecule has 3 rings (SSSR count). The number of nitrogens with zero attached hydrogens (tertiary/aromatic N) is 2. The van der Waals surface area contributed by atoms with Gasteiger partial charge in [0.15, 0.2) is 0 Å². The first kappa shape index (κ1) is 11.8. The van der Waals surface area contributed by atoms with E-state index in [9.17, 15) is 0 Å². The lowest BCUT2D eigenvalue weighted by atomic mass is 10.0. The Labute approximate surface area is 112 Å². The first-order valence-corrected chi connectivity index (χ1v) is 6.27. The number of rotatable bonds is 2. The van der Waals surface area contributed by atoms with Gasteiger partial charge < -0.3 is 5.73 Å². The van der Waals surface area contributed by atoms with Crippen molar-refractivity contribution in [2.45, 2.75) is 13.5 Å². The lowest BCUT2D eigenvalue weighted by molar-refractivity contribution is 1.05. The predicted molar refractivity (Wildman–Crippen MR) is 77.6 cm³/mol. The van der Waals surface area contributed by atoms with Crippen LogP contribution in [-0.2, 0) is 6.54 Å². The summed E-state index contributed by atoms with van der Waals surface area (Å²) in [5.74, 6) is 0. The van der Waals surface area contributed by atoms with Crippen molar-refractivity contribution in [2.75, 3.05) is 0 Å². The minimum Gasteiger partial charge on any atom is -0.326 e. The highest BCUT2D eigenvalue weighted by atomic mass is 14.7. The standard InChI is InChI=1S/C16H15N3/c1-11-4-5-19-16-3-2-13(7-15(11)16)14-6-12(8-17)9-18-10-14/h2-7,9-10H,8,17H2,1H3. The summed E-state index contributed by atoms with van der Waals surface area (Å²) in [4.78, 5) is 8.61. The van der Waals surface area contributed by atoms with Gasteiger partial charge in [0.25, 0.3) is 0 Å². The maximum Gasteiger partial charge on any atom is 0.0705 e. The Balaban J connectivity index is 2.17. The van der Waals surface area contributed by atoms with Gasteiger partial charge in [-0.2, -0.15) is 0 Å². The SMILES string of the molecule is Cc1ccnc2ccc(-c3cncc(CN)c3)cc12. The minimum atomic E-state index is 0.509. The lowest BCUT2D eigenvalue weighted by Crippen LogP contribution is -1.97. The van der Waals surface area contributed by atoms with Crippen LogP contribution in [0.1, 0.15) is 11.1 Å². The van der Waals surface area contributed by atoms with Crippen LogP contribution >= 0.6 is 0 Å². The highest BCUT2D eigenvalue weighted by Gasteiger charge is 2.03. The van der Waals surface area contributed by atoms with E-state index < -0.39 is 0 Å². The highest BCUT2D eigenvalue weighted by Crippen LogP contribution is 2.25. The van der Waals surface area contributed by atoms with Crippen LogP contribution in [0.2, 0.25) is 0 Å². The lowest BCUT2D eigenvalue weighted by Gasteiger charge is -2.06. The Bertz CT molecular complexity index is 735. The number of benzene rings is 1. The van der Waals surface area contributed by atoms with Crippen LogP contribution in [0.15, 0.2) is 48.9 Å². The van der Waals surface area contributed by atoms with Crippen LogP contribution in [-0.4, -0.2) is 9.97 Å². The van der Waals surface area contributed by atoms with Gasteiger partial charge in [-0.15, -0.1) is 0 Å². The molecule has 0 unspecified atom stereocenters. The van der Waals surface area contributed by atoms with E-state index >= 15 is 0 Å². The van der Waals surface area contributed by atoms with Crippen LogP contribution in [0, 0.1) is 6.92 Å². The molecule has 19 heavy (non-hydrogen) atoms. The van der Waals surface area contributed by atoms with E-state index in [-0.39, 0.29) is 0 Å². The Kier molecular flexibility index (Phi) is 2.97. The number of hydrogen-bond acceptors (Lipinski definition) is 3. The van der Waals surface area contributed by atoms with Gasteiger partial charge in [0.2, 0.25) is 0 Å². The van der Waals surface area contributed by atoms with Crippen molar-refractivity contribution in [3.05, 3.63) is 60.0 Å². The largest absolute Gasteiger partial charge is 0.326 e. The van der Waals surface area contributed by atoms with Crippen molar-refractivity contribution in [2.24, 2.45) is 5.73 Å². The van der Waals surface area contributed by atoms with E-state index in [2.05, 4.69) is 35.1 Å². The predicted octanol–water partition coefficient (Wildman–Crippen LogP) is 3.06. The maximum absolute atomic E-state index is 5.66. The van der Waals surface area contributed by atoms with Gasteiger partial charge in [-0.25, -0.2) is 0 Å². The summed E-state index contributed by atoms with van der Waals surface area (Å²) in [6, 6.07) is 10.4. The second kappa shape index (κ2) is 4.78. The van der Waals surface area contributed by atoms with Gasteiger partial charge in [-0.05, 0) is 47.9 Å². The molecule has 3 aromatic rings. The molecule has 2 N–H and O–H groups in total. The molecule has 1 aromatic carbocycles. The highest BCUT2D eigenvalue weighted by molar-refractivity contribution is 5.86. The van der Waals surface area contributed by atoms with Gasteiger partial charge in [0.1, 0.15) is 0 Å². The molecule has 0 radical (unpaired) electrons. The molecule has 2 aromatic heterocycles. The molecule has 0 bridgehead atoms. The quantitative estimate of drug-likeness (QED) is 0.759. The molecule has 3 heteroatoms. The van der Waals surface area contributed by atoms with Gasteiger partial charge in [-0.1, -0.05) is 6.07 Å². The van der Waals surface area contributed by atoms with Gasteiger partial charge in [0, 0.05) is 36.1 Å². The van der Waals surface area contributed by atoms with Crippen molar-refractivity contribution >= 4 is 10.9 Å². The molecule has 0 saturated carbocycles. The summed E-state index contributed by atoms with van der Waals surface area (Å²) >= 11 is 0. The van der Waals surface area contributed by atoms with Crippen molar-refractivity contribution in [1.29, 1.82) is 0 Å². The second-order valence-corrected chi connectivity index (χ2v) is 4.65. The fourth-order valence-corrected chi connectivity index (χ4v) is 2.22. The first-order valence-electron chi connectivity index (χ1n) is 6.27. The maximum atomic E-state index is 5.66. The number of nitrogens with two attached hydrogens (primary N) is 1. The molecule has 0 saturated heterocycles. The monoisotopic (exact) mass is 249 g/mol. The van der Waals surface area contributed by atoms with E-state index in [1.54, 1.807) is 6.20 Å². The molecule has 0 spiro atoms. The molecule has 2 heterocycles. The summed E-state index contributed by atoms with van der Waals surface area (Å²) in [6.07, 6.45) is 5.51. The zero-order valence-electron chi connectivity index (χ0n) is 10.8. The van der Waals surface area contributed by atoms with Crippen LogP contribution in [0.25, 0.3) is 22.0 Å². The molecule has 3 nitrogen and oxygen atoms in total. The molecule has 0 atom stereocenters. The van der Waals surface area contributed by atoms with E-state index in [4.69, 9.17) is 5.73 Å². The van der Waals surface area contributed by atoms with Crippen molar-refractivity contribution in [3.63, 3.8) is 0 Å². The molecular formula is C16H15N3. The molecule has 0 aliphatic heterocycles. The van der Waals surface area contributed by atoms with Crippen LogP contribution in [0.5, 0.6) is 0 Å². The van der Waals surface area contributed by atoms with E-state index in [0.717, 1.165) is 22.2 Å². The number of hydrogen-bond donors (Lipinski definition) is 1. The molecule has 0 aliphatic rings. The average Bonchev–Trinajstić information content (AvgIpc) is 2.47. The van der Waals surface area contributed by atoms with E-state index in [1.807, 2.05) is 24.5 Å². The molecule has 0 amide bonds. The van der Waals surface area contributed by atoms with Crippen LogP contribution in [0.3, 0.4) is 0 Å². The second-order valence-electron chi connectivity index (χ2n) is 4.65. The van der Waals surface area contributed by atoms with Crippen LogP contribution in [0.4, 0.5) is 0 Å².